The summed E-state index contributed by atoms with van der Waals surface area (Å²) >= 11 is 0. The predicted molar refractivity (Wildman–Crippen MR) is 109 cm³/mol. The summed E-state index contributed by atoms with van der Waals surface area (Å²) in [6.07, 6.45) is 4.62. The van der Waals surface area contributed by atoms with Crippen molar-refractivity contribution < 1.29 is 19.1 Å². The number of hydrogen-bond donors (Lipinski definition) is 0. The van der Waals surface area contributed by atoms with Crippen LogP contribution in [0.4, 0.5) is 0 Å². The summed E-state index contributed by atoms with van der Waals surface area (Å²) in [7, 11) is 1.61. The number of carbonyl (C=O) groups is 2. The van der Waals surface area contributed by atoms with E-state index in [1.807, 2.05) is 25.1 Å². The molecule has 1 aromatic heterocycles. The molecule has 2 aliphatic rings. The van der Waals surface area contributed by atoms with E-state index in [0.29, 0.717) is 43.4 Å². The molecule has 30 heavy (non-hydrogen) atoms. The minimum atomic E-state index is -0.685. The number of carbonyl (C=O) groups excluding carboxylic acids is 2. The van der Waals surface area contributed by atoms with Crippen LogP contribution < -0.4 is 9.47 Å². The molecule has 4 rings (SSSR count). The van der Waals surface area contributed by atoms with Gasteiger partial charge in [-0.05, 0) is 31.9 Å². The van der Waals surface area contributed by atoms with Crippen LogP contribution in [0.25, 0.3) is 0 Å². The van der Waals surface area contributed by atoms with Crippen LogP contribution in [0, 0.1) is 6.92 Å². The molecule has 2 amide bonds. The lowest BCUT2D eigenvalue weighted by Gasteiger charge is -2.43. The molecule has 1 atom stereocenters. The van der Waals surface area contributed by atoms with Gasteiger partial charge in [0.1, 0.15) is 22.8 Å². The lowest BCUT2D eigenvalue weighted by molar-refractivity contribution is -0.132. The Morgan fingerprint density at radius 3 is 2.67 bits per heavy atom. The van der Waals surface area contributed by atoms with Gasteiger partial charge in [-0.3, -0.25) is 14.6 Å². The molecular weight excluding hydrogens is 384 g/mol. The maximum absolute atomic E-state index is 13.1. The molecule has 3 heterocycles. The molecular formula is C22H26N4O4. The third-order valence-electron chi connectivity index (χ3n) is 5.71. The number of aryl methyl sites for hydroxylation is 1. The molecule has 0 N–H and O–H groups in total. The molecule has 8 nitrogen and oxygen atoms in total. The van der Waals surface area contributed by atoms with Crippen LogP contribution in [0.2, 0.25) is 0 Å². The highest BCUT2D eigenvalue weighted by molar-refractivity contribution is 5.92. The van der Waals surface area contributed by atoms with Gasteiger partial charge < -0.3 is 19.3 Å². The van der Waals surface area contributed by atoms with Crippen molar-refractivity contribution in [1.29, 1.82) is 0 Å². The first-order chi connectivity index (χ1) is 14.4. The molecule has 0 radical (unpaired) electrons. The fraction of sp³-hybridized carbons (Fsp3) is 0.455. The number of fused-ring (bicyclic) bond motifs is 1. The second-order valence-corrected chi connectivity index (χ2v) is 8.01. The second kappa shape index (κ2) is 7.93. The quantitative estimate of drug-likeness (QED) is 0.755. The number of rotatable bonds is 2. The monoisotopic (exact) mass is 410 g/mol. The second-order valence-electron chi connectivity index (χ2n) is 8.01. The molecule has 1 aromatic carbocycles. The molecule has 1 fully saturated rings. The molecule has 0 saturated carbocycles. The SMILES string of the molecule is COc1ccc2c(c1)O[C@@]1(CCCN(C(=O)c3cnc(C)cn3)C1)CN(C(C)=O)C2. The van der Waals surface area contributed by atoms with E-state index in [1.165, 1.54) is 6.20 Å². The van der Waals surface area contributed by atoms with E-state index in [0.717, 1.165) is 24.1 Å². The Balaban J connectivity index is 1.65. The third-order valence-corrected chi connectivity index (χ3v) is 5.71. The average Bonchev–Trinajstić information content (AvgIpc) is 2.89. The van der Waals surface area contributed by atoms with Crippen LogP contribution in [-0.4, -0.2) is 63.9 Å². The van der Waals surface area contributed by atoms with E-state index in [1.54, 1.807) is 30.0 Å². The Kier molecular flexibility index (Phi) is 5.32. The number of piperidine rings is 1. The van der Waals surface area contributed by atoms with Gasteiger partial charge in [0.25, 0.3) is 5.91 Å². The molecule has 0 unspecified atom stereocenters. The maximum Gasteiger partial charge on any atom is 0.274 e. The number of benzene rings is 1. The summed E-state index contributed by atoms with van der Waals surface area (Å²) in [6, 6.07) is 5.65. The van der Waals surface area contributed by atoms with Gasteiger partial charge in [-0.1, -0.05) is 0 Å². The van der Waals surface area contributed by atoms with E-state index in [-0.39, 0.29) is 11.8 Å². The molecule has 2 aromatic rings. The van der Waals surface area contributed by atoms with Gasteiger partial charge in [0.05, 0.1) is 32.1 Å². The number of nitrogens with zero attached hydrogens (tertiary/aromatic N) is 4. The largest absolute Gasteiger partial charge is 0.497 e. The highest BCUT2D eigenvalue weighted by Gasteiger charge is 2.43. The van der Waals surface area contributed by atoms with Gasteiger partial charge in [0.2, 0.25) is 5.91 Å². The Hall–Kier alpha value is -3.16. The number of likely N-dealkylation sites (tertiary alicyclic amines) is 1. The van der Waals surface area contributed by atoms with Crippen molar-refractivity contribution >= 4 is 11.8 Å². The van der Waals surface area contributed by atoms with Crippen molar-refractivity contribution in [3.63, 3.8) is 0 Å². The maximum atomic E-state index is 13.1. The predicted octanol–water partition coefficient (Wildman–Crippen LogP) is 2.21. The van der Waals surface area contributed by atoms with Crippen LogP contribution in [0.5, 0.6) is 11.5 Å². The minimum Gasteiger partial charge on any atom is -0.497 e. The van der Waals surface area contributed by atoms with Crippen LogP contribution in [-0.2, 0) is 11.3 Å². The number of aromatic nitrogens is 2. The fourth-order valence-corrected chi connectivity index (χ4v) is 4.13. The van der Waals surface area contributed by atoms with Crippen LogP contribution >= 0.6 is 0 Å². The van der Waals surface area contributed by atoms with E-state index in [9.17, 15) is 9.59 Å². The molecule has 8 heteroatoms. The Morgan fingerprint density at radius 1 is 1.17 bits per heavy atom. The molecule has 0 bridgehead atoms. The topological polar surface area (TPSA) is 84.9 Å². The van der Waals surface area contributed by atoms with Gasteiger partial charge in [-0.25, -0.2) is 4.98 Å². The molecule has 2 aliphatic heterocycles. The number of ether oxygens (including phenoxy) is 2. The van der Waals surface area contributed by atoms with Crippen molar-refractivity contribution in [1.82, 2.24) is 19.8 Å². The summed E-state index contributed by atoms with van der Waals surface area (Å²) in [4.78, 5) is 37.3. The van der Waals surface area contributed by atoms with Gasteiger partial charge in [-0.2, -0.15) is 0 Å². The van der Waals surface area contributed by atoms with Gasteiger partial charge in [0, 0.05) is 37.8 Å². The zero-order valence-electron chi connectivity index (χ0n) is 17.6. The van der Waals surface area contributed by atoms with Crippen LogP contribution in [0.3, 0.4) is 0 Å². The number of methoxy groups -OCH3 is 1. The molecule has 1 spiro atoms. The van der Waals surface area contributed by atoms with Crippen LogP contribution in [0.1, 0.15) is 41.5 Å². The smallest absolute Gasteiger partial charge is 0.274 e. The molecule has 0 aliphatic carbocycles. The summed E-state index contributed by atoms with van der Waals surface area (Å²) in [5.74, 6) is 1.20. The van der Waals surface area contributed by atoms with Gasteiger partial charge >= 0.3 is 0 Å². The summed E-state index contributed by atoms with van der Waals surface area (Å²) in [5.41, 5.74) is 1.32. The van der Waals surface area contributed by atoms with Crippen LogP contribution in [0.15, 0.2) is 30.6 Å². The van der Waals surface area contributed by atoms with E-state index < -0.39 is 5.60 Å². The Labute approximate surface area is 175 Å². The first-order valence-electron chi connectivity index (χ1n) is 10.1. The molecule has 158 valence electrons. The molecule has 1 saturated heterocycles. The first kappa shape index (κ1) is 20.1. The fourth-order valence-electron chi connectivity index (χ4n) is 4.13. The van der Waals surface area contributed by atoms with Crippen molar-refractivity contribution in [3.05, 3.63) is 47.5 Å². The van der Waals surface area contributed by atoms with E-state index in [2.05, 4.69) is 9.97 Å². The third kappa shape index (κ3) is 3.94. The van der Waals surface area contributed by atoms with Crippen molar-refractivity contribution in [2.75, 3.05) is 26.7 Å². The summed E-state index contributed by atoms with van der Waals surface area (Å²) in [5, 5.41) is 0. The van der Waals surface area contributed by atoms with Gasteiger partial charge in [0.15, 0.2) is 0 Å². The standard InChI is InChI=1S/C22H26N4O4/c1-15-10-24-19(11-23-15)21(28)25-8-4-7-22(13-25)14-26(16(2)27)12-17-5-6-18(29-3)9-20(17)30-22/h5-6,9-11H,4,7-8,12-14H2,1-3H3/t22-/m1/s1. The van der Waals surface area contributed by atoms with E-state index >= 15 is 0 Å². The lowest BCUT2D eigenvalue weighted by Crippen LogP contribution is -2.58. The normalized spacial score (nSPS) is 20.9. The summed E-state index contributed by atoms with van der Waals surface area (Å²) in [6.45, 7) is 5.28. The Morgan fingerprint density at radius 2 is 1.97 bits per heavy atom. The minimum absolute atomic E-state index is 0.0190. The first-order valence-corrected chi connectivity index (χ1v) is 10.1. The van der Waals surface area contributed by atoms with Gasteiger partial charge in [-0.15, -0.1) is 0 Å². The lowest BCUT2D eigenvalue weighted by atomic mass is 9.91. The number of hydrogen-bond acceptors (Lipinski definition) is 6. The highest BCUT2D eigenvalue weighted by Crippen LogP contribution is 2.37. The van der Waals surface area contributed by atoms with Crippen molar-refractivity contribution in [2.24, 2.45) is 0 Å². The zero-order valence-corrected chi connectivity index (χ0v) is 17.6. The van der Waals surface area contributed by atoms with E-state index in [4.69, 9.17) is 9.47 Å². The van der Waals surface area contributed by atoms with Crippen molar-refractivity contribution in [2.45, 2.75) is 38.8 Å². The number of amides is 2. The summed E-state index contributed by atoms with van der Waals surface area (Å²) < 4.78 is 11.9. The highest BCUT2D eigenvalue weighted by atomic mass is 16.5. The average molecular weight is 410 g/mol. The van der Waals surface area contributed by atoms with Crippen molar-refractivity contribution in [3.8, 4) is 11.5 Å². The Bertz CT molecular complexity index is 962. The zero-order chi connectivity index (χ0) is 21.3.